The number of thiophene rings is 1. The fourth-order valence-electron chi connectivity index (χ4n) is 4.78. The van der Waals surface area contributed by atoms with Gasteiger partial charge < -0.3 is 4.57 Å². The molecule has 0 aliphatic carbocycles. The van der Waals surface area contributed by atoms with Crippen molar-refractivity contribution < 1.29 is 0 Å². The summed E-state index contributed by atoms with van der Waals surface area (Å²) in [7, 11) is 0. The summed E-state index contributed by atoms with van der Waals surface area (Å²) in [5.41, 5.74) is 6.11. The third kappa shape index (κ3) is 2.55. The molecule has 0 N–H and O–H groups in total. The van der Waals surface area contributed by atoms with Gasteiger partial charge in [0.25, 0.3) is 0 Å². The first-order chi connectivity index (χ1) is 15.9. The quantitative estimate of drug-likeness (QED) is 0.272. The van der Waals surface area contributed by atoms with E-state index in [1.54, 1.807) is 11.3 Å². The summed E-state index contributed by atoms with van der Waals surface area (Å²) in [5, 5.41) is 5.08. The second kappa shape index (κ2) is 6.78. The molecule has 0 saturated carbocycles. The molecule has 0 radical (unpaired) electrons. The van der Waals surface area contributed by atoms with E-state index >= 15 is 0 Å². The number of rotatable bonds is 2. The summed E-state index contributed by atoms with van der Waals surface area (Å²) in [4.78, 5) is 5.68. The van der Waals surface area contributed by atoms with Gasteiger partial charge in [-0.2, -0.15) is 0 Å². The van der Waals surface area contributed by atoms with Gasteiger partial charge in [0.15, 0.2) is 0 Å². The Labute approximate surface area is 189 Å². The van der Waals surface area contributed by atoms with Gasteiger partial charge >= 0.3 is 0 Å². The Kier molecular flexibility index (Phi) is 3.75. The molecule has 0 fully saturated rings. The molecule has 4 aromatic carbocycles. The zero-order valence-electron chi connectivity index (χ0n) is 17.2. The number of nitrogens with zero attached hydrogens (tertiary/aromatic N) is 2. The van der Waals surface area contributed by atoms with Crippen molar-refractivity contribution in [2.24, 2.45) is 0 Å². The van der Waals surface area contributed by atoms with Crippen molar-refractivity contribution in [1.82, 2.24) is 9.55 Å². The van der Waals surface area contributed by atoms with Crippen molar-refractivity contribution in [1.29, 1.82) is 0 Å². The summed E-state index contributed by atoms with van der Waals surface area (Å²) >= 11 is 1.77. The van der Waals surface area contributed by atoms with E-state index in [-0.39, 0.29) is 0 Å². The normalized spacial score (nSPS) is 11.8. The highest BCUT2D eigenvalue weighted by atomic mass is 32.1. The van der Waals surface area contributed by atoms with Gasteiger partial charge in [0.05, 0.1) is 11.0 Å². The first-order valence-electron chi connectivity index (χ1n) is 10.7. The Bertz CT molecular complexity index is 1760. The van der Waals surface area contributed by atoms with E-state index < -0.39 is 0 Å². The smallest absolute Gasteiger partial charge is 0.124 e. The SMILES string of the molecule is c1ccc(-c2ccc(-n3c4ccccc4c4cc5c(cc43)sc3ncccc35)cc2)cc1. The van der Waals surface area contributed by atoms with E-state index in [0.29, 0.717) is 0 Å². The fourth-order valence-corrected chi connectivity index (χ4v) is 5.84. The van der Waals surface area contributed by atoms with E-state index in [1.165, 1.54) is 54.1 Å². The fraction of sp³-hybridized carbons (Fsp3) is 0. The zero-order chi connectivity index (χ0) is 21.1. The average molecular weight is 427 g/mol. The van der Waals surface area contributed by atoms with E-state index in [2.05, 4.69) is 107 Å². The van der Waals surface area contributed by atoms with Crippen molar-refractivity contribution in [2.75, 3.05) is 0 Å². The standard InChI is InChI=1S/C29H18N2S/c1-2-7-19(8-3-1)20-12-14-21(15-13-20)31-26-11-5-4-9-22(26)24-17-25-23-10-6-16-30-29(23)32-28(25)18-27(24)31/h1-18H. The highest BCUT2D eigenvalue weighted by molar-refractivity contribution is 7.25. The molecule has 0 spiro atoms. The molecule has 0 atom stereocenters. The molecule has 0 bridgehead atoms. The van der Waals surface area contributed by atoms with E-state index in [4.69, 9.17) is 0 Å². The van der Waals surface area contributed by atoms with Gasteiger partial charge in [0, 0.05) is 38.1 Å². The number of benzene rings is 4. The van der Waals surface area contributed by atoms with Gasteiger partial charge in [0.1, 0.15) is 4.83 Å². The number of pyridine rings is 1. The second-order valence-electron chi connectivity index (χ2n) is 8.09. The van der Waals surface area contributed by atoms with Crippen LogP contribution in [0.3, 0.4) is 0 Å². The lowest BCUT2D eigenvalue weighted by Crippen LogP contribution is -1.93. The molecule has 2 nitrogen and oxygen atoms in total. The second-order valence-corrected chi connectivity index (χ2v) is 9.12. The van der Waals surface area contributed by atoms with Crippen LogP contribution in [-0.2, 0) is 0 Å². The molecule has 0 amide bonds. The molecule has 0 unspecified atom stereocenters. The maximum Gasteiger partial charge on any atom is 0.124 e. The molecule has 3 heterocycles. The van der Waals surface area contributed by atoms with Crippen molar-refractivity contribution in [2.45, 2.75) is 0 Å². The van der Waals surface area contributed by atoms with Crippen molar-refractivity contribution in [3.8, 4) is 16.8 Å². The molecular weight excluding hydrogens is 408 g/mol. The zero-order valence-corrected chi connectivity index (χ0v) is 18.0. The molecule has 3 heteroatoms. The summed E-state index contributed by atoms with van der Waals surface area (Å²) in [6, 6.07) is 37.0. The predicted molar refractivity (Wildman–Crippen MR) is 137 cm³/mol. The molecule has 0 aliphatic rings. The van der Waals surface area contributed by atoms with Gasteiger partial charge in [-0.3, -0.25) is 0 Å². The van der Waals surface area contributed by atoms with Crippen LogP contribution in [0.25, 0.3) is 58.9 Å². The Morgan fingerprint density at radius 3 is 2.19 bits per heavy atom. The third-order valence-electron chi connectivity index (χ3n) is 6.27. The van der Waals surface area contributed by atoms with Crippen LogP contribution in [0.1, 0.15) is 0 Å². The number of hydrogen-bond donors (Lipinski definition) is 0. The van der Waals surface area contributed by atoms with Crippen LogP contribution in [0.5, 0.6) is 0 Å². The molecule has 0 aliphatic heterocycles. The van der Waals surface area contributed by atoms with Crippen LogP contribution in [0.15, 0.2) is 109 Å². The summed E-state index contributed by atoms with van der Waals surface area (Å²) in [5.74, 6) is 0. The van der Waals surface area contributed by atoms with Gasteiger partial charge in [0.2, 0.25) is 0 Å². The minimum atomic E-state index is 1.10. The molecule has 7 aromatic rings. The van der Waals surface area contributed by atoms with Crippen molar-refractivity contribution in [3.05, 3.63) is 109 Å². The van der Waals surface area contributed by atoms with Crippen molar-refractivity contribution in [3.63, 3.8) is 0 Å². The van der Waals surface area contributed by atoms with Crippen LogP contribution < -0.4 is 0 Å². The molecule has 150 valence electrons. The van der Waals surface area contributed by atoms with Crippen molar-refractivity contribution >= 4 is 53.4 Å². The Hall–Kier alpha value is -3.95. The van der Waals surface area contributed by atoms with Crippen LogP contribution in [0.2, 0.25) is 0 Å². The van der Waals surface area contributed by atoms with Crippen LogP contribution in [0.4, 0.5) is 0 Å². The topological polar surface area (TPSA) is 17.8 Å². The van der Waals surface area contributed by atoms with E-state index in [0.717, 1.165) is 4.83 Å². The molecule has 3 aromatic heterocycles. The monoisotopic (exact) mass is 426 g/mol. The molecule has 0 saturated heterocycles. The highest BCUT2D eigenvalue weighted by Crippen LogP contribution is 2.40. The van der Waals surface area contributed by atoms with Crippen LogP contribution >= 0.6 is 11.3 Å². The highest BCUT2D eigenvalue weighted by Gasteiger charge is 2.15. The number of para-hydroxylation sites is 1. The van der Waals surface area contributed by atoms with Gasteiger partial charge in [-0.15, -0.1) is 11.3 Å². The lowest BCUT2D eigenvalue weighted by atomic mass is 10.1. The first-order valence-corrected chi connectivity index (χ1v) is 11.5. The maximum absolute atomic E-state index is 4.59. The predicted octanol–water partition coefficient (Wildman–Crippen LogP) is 8.21. The number of hydrogen-bond acceptors (Lipinski definition) is 2. The largest absolute Gasteiger partial charge is 0.309 e. The number of aromatic nitrogens is 2. The number of fused-ring (bicyclic) bond motifs is 6. The lowest BCUT2D eigenvalue weighted by Gasteiger charge is -2.09. The summed E-state index contributed by atoms with van der Waals surface area (Å²) in [6.45, 7) is 0. The Morgan fingerprint density at radius 1 is 0.562 bits per heavy atom. The molecule has 7 rings (SSSR count). The van der Waals surface area contributed by atoms with Gasteiger partial charge in [-0.1, -0.05) is 60.7 Å². The summed E-state index contributed by atoms with van der Waals surface area (Å²) < 4.78 is 3.66. The van der Waals surface area contributed by atoms with Gasteiger partial charge in [-0.05, 0) is 53.6 Å². The minimum Gasteiger partial charge on any atom is -0.309 e. The summed E-state index contributed by atoms with van der Waals surface area (Å²) in [6.07, 6.45) is 1.88. The molecule has 32 heavy (non-hydrogen) atoms. The van der Waals surface area contributed by atoms with E-state index in [1.807, 2.05) is 12.3 Å². The Morgan fingerprint density at radius 2 is 1.31 bits per heavy atom. The Balaban J connectivity index is 1.51. The van der Waals surface area contributed by atoms with Gasteiger partial charge in [-0.25, -0.2) is 4.98 Å². The molecular formula is C29H18N2S. The van der Waals surface area contributed by atoms with E-state index in [9.17, 15) is 0 Å². The van der Waals surface area contributed by atoms with Crippen LogP contribution in [0, 0.1) is 0 Å². The average Bonchev–Trinajstić information content (AvgIpc) is 3.38. The first kappa shape index (κ1) is 17.7. The van der Waals surface area contributed by atoms with Crippen LogP contribution in [-0.4, -0.2) is 9.55 Å². The minimum absolute atomic E-state index is 1.10. The lowest BCUT2D eigenvalue weighted by molar-refractivity contribution is 1.18. The maximum atomic E-state index is 4.59. The third-order valence-corrected chi connectivity index (χ3v) is 7.35.